The van der Waals surface area contributed by atoms with Crippen molar-refractivity contribution >= 4 is 40.9 Å². The topological polar surface area (TPSA) is 113 Å². The zero-order chi connectivity index (χ0) is 25.3. The molecule has 2 N–H and O–H groups in total. The number of carboxylic acid groups (broad SMARTS) is 1. The first-order valence-electron chi connectivity index (χ1n) is 10.1. The molecule has 2 atom stereocenters. The van der Waals surface area contributed by atoms with Gasteiger partial charge in [-0.2, -0.15) is 0 Å². The second-order valence-electron chi connectivity index (χ2n) is 7.73. The van der Waals surface area contributed by atoms with E-state index >= 15 is 0 Å². The Morgan fingerprint density at radius 3 is 2.80 bits per heavy atom. The summed E-state index contributed by atoms with van der Waals surface area (Å²) in [7, 11) is 1.07. The van der Waals surface area contributed by atoms with Gasteiger partial charge in [-0.3, -0.25) is 9.69 Å². The third-order valence-electron chi connectivity index (χ3n) is 5.34. The lowest BCUT2D eigenvalue weighted by Crippen LogP contribution is -2.43. The molecular formula is C21H18ClF3N4O5S. The minimum Gasteiger partial charge on any atom is -0.480 e. The smallest absolute Gasteiger partial charge is 0.480 e. The molecule has 1 aromatic carbocycles. The Hall–Kier alpha value is -3.16. The van der Waals surface area contributed by atoms with E-state index in [0.29, 0.717) is 5.01 Å². The van der Waals surface area contributed by atoms with Crippen LogP contribution in [0.1, 0.15) is 23.0 Å². The highest BCUT2D eigenvalue weighted by molar-refractivity contribution is 7.11. The Kier molecular flexibility index (Phi) is 7.01. The number of aliphatic imine (C=N–C) groups is 1. The maximum atomic E-state index is 14.1. The molecule has 0 aliphatic carbocycles. The van der Waals surface area contributed by atoms with Crippen LogP contribution in [0.4, 0.5) is 18.0 Å². The summed E-state index contributed by atoms with van der Waals surface area (Å²) in [6.07, 6.45) is -0.476. The SMILES string of the molecule is COC(=O)OC1=C(CN2CC(F)(F)C[C@H]2C(=O)O)NC(c2nccs2)=NC1c1ccc(F)cc1Cl. The van der Waals surface area contributed by atoms with Crippen LogP contribution < -0.4 is 5.32 Å². The van der Waals surface area contributed by atoms with Crippen molar-refractivity contribution < 1.29 is 37.3 Å². The normalized spacial score (nSPS) is 21.9. The van der Waals surface area contributed by atoms with E-state index < -0.39 is 48.9 Å². The number of ether oxygens (including phenoxy) is 2. The molecule has 14 heteroatoms. The number of halogens is 4. The summed E-state index contributed by atoms with van der Waals surface area (Å²) in [5.74, 6) is -5.21. The number of carboxylic acids is 1. The summed E-state index contributed by atoms with van der Waals surface area (Å²) < 4.78 is 51.9. The van der Waals surface area contributed by atoms with Crippen LogP contribution >= 0.6 is 22.9 Å². The molecular weight excluding hydrogens is 513 g/mol. The molecule has 2 aliphatic heterocycles. The largest absolute Gasteiger partial charge is 0.513 e. The molecule has 1 aromatic heterocycles. The van der Waals surface area contributed by atoms with Gasteiger partial charge in [0.05, 0.1) is 19.4 Å². The highest BCUT2D eigenvalue weighted by atomic mass is 35.5. The molecule has 2 aromatic rings. The van der Waals surface area contributed by atoms with E-state index in [9.17, 15) is 27.9 Å². The lowest BCUT2D eigenvalue weighted by atomic mass is 10.0. The molecule has 1 saturated heterocycles. The number of thiazole rings is 1. The quantitative estimate of drug-likeness (QED) is 0.542. The number of benzene rings is 1. The average molecular weight is 531 g/mol. The van der Waals surface area contributed by atoms with Crippen LogP contribution in [0.15, 0.2) is 46.2 Å². The number of hydrogen-bond donors (Lipinski definition) is 2. The van der Waals surface area contributed by atoms with Crippen molar-refractivity contribution in [2.24, 2.45) is 4.99 Å². The fourth-order valence-electron chi connectivity index (χ4n) is 3.84. The lowest BCUT2D eigenvalue weighted by molar-refractivity contribution is -0.142. The zero-order valence-corrected chi connectivity index (χ0v) is 19.6. The monoisotopic (exact) mass is 530 g/mol. The van der Waals surface area contributed by atoms with E-state index in [0.717, 1.165) is 24.1 Å². The van der Waals surface area contributed by atoms with Gasteiger partial charge < -0.3 is 19.9 Å². The van der Waals surface area contributed by atoms with Crippen molar-refractivity contribution in [2.45, 2.75) is 24.4 Å². The summed E-state index contributed by atoms with van der Waals surface area (Å²) in [6, 6.07) is 0.934. The molecule has 2 aliphatic rings. The number of aliphatic carboxylic acids is 1. The Labute approximate surface area is 205 Å². The second-order valence-corrected chi connectivity index (χ2v) is 9.03. The van der Waals surface area contributed by atoms with Gasteiger partial charge in [-0.05, 0) is 12.1 Å². The molecule has 0 amide bonds. The fraction of sp³-hybridized carbons (Fsp3) is 0.333. The van der Waals surface area contributed by atoms with Crippen LogP contribution in [-0.2, 0) is 14.3 Å². The molecule has 0 bridgehead atoms. The van der Waals surface area contributed by atoms with Crippen molar-refractivity contribution in [1.29, 1.82) is 0 Å². The van der Waals surface area contributed by atoms with Gasteiger partial charge in [-0.25, -0.2) is 27.9 Å². The number of hydrogen-bond acceptors (Lipinski definition) is 9. The van der Waals surface area contributed by atoms with Crippen molar-refractivity contribution in [1.82, 2.24) is 15.2 Å². The number of rotatable bonds is 6. The van der Waals surface area contributed by atoms with Crippen molar-refractivity contribution in [3.05, 3.63) is 62.6 Å². The summed E-state index contributed by atoms with van der Waals surface area (Å²) >= 11 is 7.49. The van der Waals surface area contributed by atoms with E-state index in [4.69, 9.17) is 16.3 Å². The molecule has 186 valence electrons. The Balaban J connectivity index is 1.82. The summed E-state index contributed by atoms with van der Waals surface area (Å²) in [6.45, 7) is -1.19. The first kappa shape index (κ1) is 24.9. The molecule has 4 rings (SSSR count). The van der Waals surface area contributed by atoms with Crippen LogP contribution in [0.2, 0.25) is 5.02 Å². The fourth-order valence-corrected chi connectivity index (χ4v) is 4.69. The average Bonchev–Trinajstić information content (AvgIpc) is 3.42. The molecule has 9 nitrogen and oxygen atoms in total. The number of aromatic nitrogens is 1. The van der Waals surface area contributed by atoms with Crippen LogP contribution in [0.25, 0.3) is 0 Å². The third kappa shape index (κ3) is 5.41. The van der Waals surface area contributed by atoms with E-state index in [1.165, 1.54) is 23.6 Å². The predicted molar refractivity (Wildman–Crippen MR) is 119 cm³/mol. The highest BCUT2D eigenvalue weighted by Gasteiger charge is 2.49. The number of amidine groups is 1. The van der Waals surface area contributed by atoms with Crippen LogP contribution in [0, 0.1) is 5.82 Å². The maximum Gasteiger partial charge on any atom is 0.513 e. The van der Waals surface area contributed by atoms with Crippen LogP contribution in [0.5, 0.6) is 0 Å². The molecule has 35 heavy (non-hydrogen) atoms. The van der Waals surface area contributed by atoms with Gasteiger partial charge in [0.2, 0.25) is 0 Å². The second kappa shape index (κ2) is 9.84. The summed E-state index contributed by atoms with van der Waals surface area (Å²) in [4.78, 5) is 33.5. The first-order valence-corrected chi connectivity index (χ1v) is 11.4. The first-order chi connectivity index (χ1) is 16.6. The number of carbonyl (C=O) groups is 2. The highest BCUT2D eigenvalue weighted by Crippen LogP contribution is 2.38. The molecule has 3 heterocycles. The molecule has 1 fully saturated rings. The molecule has 0 spiro atoms. The van der Waals surface area contributed by atoms with Crippen molar-refractivity contribution in [3.8, 4) is 0 Å². The Bertz CT molecular complexity index is 1210. The molecule has 1 unspecified atom stereocenters. The minimum atomic E-state index is -3.23. The van der Waals surface area contributed by atoms with Crippen LogP contribution in [-0.4, -0.2) is 65.1 Å². The zero-order valence-electron chi connectivity index (χ0n) is 18.0. The van der Waals surface area contributed by atoms with E-state index in [1.807, 2.05) is 0 Å². The van der Waals surface area contributed by atoms with Gasteiger partial charge in [0, 0.05) is 35.1 Å². The summed E-state index contributed by atoms with van der Waals surface area (Å²) in [5, 5.41) is 14.5. The number of methoxy groups -OCH3 is 1. The standard InChI is InChI=1S/C21H18ClF3N4O5S/c1-33-20(32)34-16-13(8-29-9-21(24,25)7-14(29)19(30)31)27-17(18-26-4-5-35-18)28-15(16)11-3-2-10(23)6-12(11)22/h2-6,14-15H,7-9H2,1H3,(H,27,28)(H,30,31)/t14-,15?/m0/s1. The summed E-state index contributed by atoms with van der Waals surface area (Å²) in [5.41, 5.74) is 0.325. The van der Waals surface area contributed by atoms with Gasteiger partial charge in [0.25, 0.3) is 5.92 Å². The Morgan fingerprint density at radius 2 is 2.17 bits per heavy atom. The maximum absolute atomic E-state index is 14.1. The lowest BCUT2D eigenvalue weighted by Gasteiger charge is -2.30. The van der Waals surface area contributed by atoms with E-state index in [-0.39, 0.29) is 34.4 Å². The van der Waals surface area contributed by atoms with Gasteiger partial charge in [-0.15, -0.1) is 11.3 Å². The number of likely N-dealkylation sites (tertiary alicyclic amines) is 1. The Morgan fingerprint density at radius 1 is 1.40 bits per heavy atom. The molecule has 0 saturated carbocycles. The van der Waals surface area contributed by atoms with Gasteiger partial charge in [-0.1, -0.05) is 17.7 Å². The van der Waals surface area contributed by atoms with Gasteiger partial charge in [0.1, 0.15) is 17.9 Å². The number of nitrogens with zero attached hydrogens (tertiary/aromatic N) is 3. The van der Waals surface area contributed by atoms with Gasteiger partial charge >= 0.3 is 12.1 Å². The number of alkyl halides is 2. The van der Waals surface area contributed by atoms with E-state index in [1.54, 1.807) is 5.38 Å². The number of nitrogens with one attached hydrogen (secondary N) is 1. The molecule has 0 radical (unpaired) electrons. The number of carbonyl (C=O) groups excluding carboxylic acids is 1. The van der Waals surface area contributed by atoms with Gasteiger partial charge in [0.15, 0.2) is 16.6 Å². The van der Waals surface area contributed by atoms with Crippen molar-refractivity contribution in [2.75, 3.05) is 20.2 Å². The van der Waals surface area contributed by atoms with E-state index in [2.05, 4.69) is 20.0 Å². The minimum absolute atomic E-state index is 0.0272. The third-order valence-corrected chi connectivity index (χ3v) is 6.45. The predicted octanol–water partition coefficient (Wildman–Crippen LogP) is 3.82. The van der Waals surface area contributed by atoms with Crippen LogP contribution in [0.3, 0.4) is 0 Å². The van der Waals surface area contributed by atoms with Crippen molar-refractivity contribution in [3.63, 3.8) is 0 Å².